The van der Waals surface area contributed by atoms with Crippen LogP contribution in [0, 0.1) is 12.8 Å². The molecule has 2 N–H and O–H groups in total. The molecule has 0 aliphatic carbocycles. The summed E-state index contributed by atoms with van der Waals surface area (Å²) >= 11 is 6.19. The monoisotopic (exact) mass is 332 g/mol. The molecule has 2 heterocycles. The Bertz CT molecular complexity index is 756. The Kier molecular flexibility index (Phi) is 4.34. The maximum Gasteiger partial charge on any atom is 0.229 e. The van der Waals surface area contributed by atoms with E-state index in [-0.39, 0.29) is 24.2 Å². The Morgan fingerprint density at radius 1 is 1.43 bits per heavy atom. The van der Waals surface area contributed by atoms with Gasteiger partial charge in [0.15, 0.2) is 5.82 Å². The topological polar surface area (TPSA) is 76.0 Å². The van der Waals surface area contributed by atoms with E-state index in [9.17, 15) is 9.59 Å². The number of para-hydroxylation sites is 1. The number of carbonyl (C=O) groups is 2. The Hall–Kier alpha value is -2.34. The summed E-state index contributed by atoms with van der Waals surface area (Å²) in [6.07, 6.45) is 0.859. The zero-order valence-electron chi connectivity index (χ0n) is 12.7. The molecule has 1 unspecified atom stereocenters. The molecule has 1 saturated heterocycles. The van der Waals surface area contributed by atoms with Crippen LogP contribution in [0.4, 0.5) is 5.82 Å². The van der Waals surface area contributed by atoms with Gasteiger partial charge >= 0.3 is 0 Å². The van der Waals surface area contributed by atoms with Gasteiger partial charge < -0.3 is 10.6 Å². The lowest BCUT2D eigenvalue weighted by Gasteiger charge is -2.20. The maximum absolute atomic E-state index is 12.3. The number of hydrogen-bond acceptors (Lipinski definition) is 3. The maximum atomic E-state index is 12.3. The number of rotatable bonds is 3. The predicted molar refractivity (Wildman–Crippen MR) is 87.7 cm³/mol. The van der Waals surface area contributed by atoms with Gasteiger partial charge in [0.2, 0.25) is 11.8 Å². The highest BCUT2D eigenvalue weighted by molar-refractivity contribution is 6.32. The molecule has 3 rings (SSSR count). The highest BCUT2D eigenvalue weighted by atomic mass is 35.5. The minimum absolute atomic E-state index is 0.0887. The summed E-state index contributed by atoms with van der Waals surface area (Å²) in [5, 5.41) is 10.5. The number of nitrogens with zero attached hydrogens (tertiary/aromatic N) is 2. The van der Waals surface area contributed by atoms with Crippen molar-refractivity contribution in [3.63, 3.8) is 0 Å². The van der Waals surface area contributed by atoms with Crippen LogP contribution in [0.5, 0.6) is 0 Å². The molecule has 1 aliphatic heterocycles. The van der Waals surface area contributed by atoms with Gasteiger partial charge in [-0.2, -0.15) is 0 Å². The van der Waals surface area contributed by atoms with Crippen LogP contribution < -0.4 is 10.6 Å². The molecule has 0 bridgehead atoms. The van der Waals surface area contributed by atoms with Crippen molar-refractivity contribution < 1.29 is 9.59 Å². The van der Waals surface area contributed by atoms with E-state index < -0.39 is 0 Å². The molecule has 0 radical (unpaired) electrons. The first-order valence-electron chi connectivity index (χ1n) is 7.44. The molecule has 7 heteroatoms. The average molecular weight is 333 g/mol. The number of piperidine rings is 1. The van der Waals surface area contributed by atoms with Gasteiger partial charge in [-0.15, -0.1) is 5.10 Å². The van der Waals surface area contributed by atoms with Crippen molar-refractivity contribution in [1.29, 1.82) is 0 Å². The standard InChI is InChI=1S/C16H17ClN4O2/c1-10-8-14(19-16(23)11-6-7-18-15(22)9-11)20-21(10)13-5-3-2-4-12(13)17/h2-5,8,11H,6-7,9H2,1H3,(H,18,22)(H,19,20,23). The van der Waals surface area contributed by atoms with E-state index in [4.69, 9.17) is 11.6 Å². The molecule has 0 saturated carbocycles. The van der Waals surface area contributed by atoms with Crippen molar-refractivity contribution in [2.45, 2.75) is 19.8 Å². The molecular weight excluding hydrogens is 316 g/mol. The zero-order valence-corrected chi connectivity index (χ0v) is 13.4. The highest BCUT2D eigenvalue weighted by Gasteiger charge is 2.26. The number of hydrogen-bond donors (Lipinski definition) is 2. The Balaban J connectivity index is 1.77. The van der Waals surface area contributed by atoms with E-state index in [0.717, 1.165) is 11.4 Å². The number of nitrogens with one attached hydrogen (secondary N) is 2. The molecule has 120 valence electrons. The van der Waals surface area contributed by atoms with E-state index in [1.165, 1.54) is 0 Å². The number of aromatic nitrogens is 2. The first kappa shape index (κ1) is 15.6. The summed E-state index contributed by atoms with van der Waals surface area (Å²) in [5.41, 5.74) is 1.61. The van der Waals surface area contributed by atoms with Crippen LogP contribution in [0.1, 0.15) is 18.5 Å². The van der Waals surface area contributed by atoms with Crippen LogP contribution in [-0.2, 0) is 9.59 Å². The number of benzene rings is 1. The second-order valence-corrected chi connectivity index (χ2v) is 5.97. The normalized spacial score (nSPS) is 17.7. The largest absolute Gasteiger partial charge is 0.356 e. The van der Waals surface area contributed by atoms with Gasteiger partial charge in [-0.3, -0.25) is 9.59 Å². The van der Waals surface area contributed by atoms with Crippen molar-refractivity contribution in [2.75, 3.05) is 11.9 Å². The molecule has 1 aromatic carbocycles. The van der Waals surface area contributed by atoms with E-state index in [1.807, 2.05) is 25.1 Å². The third-order valence-corrected chi connectivity index (χ3v) is 4.16. The number of carbonyl (C=O) groups excluding carboxylic acids is 2. The molecule has 1 fully saturated rings. The molecule has 2 aromatic rings. The van der Waals surface area contributed by atoms with Crippen LogP contribution in [0.3, 0.4) is 0 Å². The number of anilines is 1. The van der Waals surface area contributed by atoms with Gasteiger partial charge in [0.25, 0.3) is 0 Å². The Labute approximate surface area is 138 Å². The Morgan fingerprint density at radius 3 is 2.96 bits per heavy atom. The minimum Gasteiger partial charge on any atom is -0.356 e. The third kappa shape index (κ3) is 3.37. The first-order chi connectivity index (χ1) is 11.0. The van der Waals surface area contributed by atoms with Crippen LogP contribution in [0.2, 0.25) is 5.02 Å². The van der Waals surface area contributed by atoms with Gasteiger partial charge in [0, 0.05) is 30.6 Å². The second kappa shape index (κ2) is 6.42. The van der Waals surface area contributed by atoms with Gasteiger partial charge in [0.1, 0.15) is 0 Å². The summed E-state index contributed by atoms with van der Waals surface area (Å²) in [4.78, 5) is 23.7. The van der Waals surface area contributed by atoms with Crippen LogP contribution in [-0.4, -0.2) is 28.1 Å². The summed E-state index contributed by atoms with van der Waals surface area (Å²) < 4.78 is 1.69. The van der Waals surface area contributed by atoms with E-state index in [0.29, 0.717) is 23.8 Å². The smallest absolute Gasteiger partial charge is 0.229 e. The average Bonchev–Trinajstić information content (AvgIpc) is 2.88. The zero-order chi connectivity index (χ0) is 16.4. The van der Waals surface area contributed by atoms with Crippen molar-refractivity contribution in [1.82, 2.24) is 15.1 Å². The SMILES string of the molecule is Cc1cc(NC(=O)C2CCNC(=O)C2)nn1-c1ccccc1Cl. The minimum atomic E-state index is -0.311. The molecule has 1 aromatic heterocycles. The molecule has 1 atom stereocenters. The number of halogens is 1. The predicted octanol–water partition coefficient (Wildman–Crippen LogP) is 2.30. The first-order valence-corrected chi connectivity index (χ1v) is 7.81. The van der Waals surface area contributed by atoms with Crippen LogP contribution >= 0.6 is 11.6 Å². The lowest BCUT2D eigenvalue weighted by atomic mass is 9.97. The molecule has 0 spiro atoms. The van der Waals surface area contributed by atoms with Crippen molar-refractivity contribution in [2.24, 2.45) is 5.92 Å². The van der Waals surface area contributed by atoms with E-state index in [1.54, 1.807) is 16.8 Å². The number of amides is 2. The summed E-state index contributed by atoms with van der Waals surface area (Å²) in [6.45, 7) is 2.42. The van der Waals surface area contributed by atoms with E-state index in [2.05, 4.69) is 15.7 Å². The van der Waals surface area contributed by atoms with Crippen LogP contribution in [0.25, 0.3) is 5.69 Å². The third-order valence-electron chi connectivity index (χ3n) is 3.84. The van der Waals surface area contributed by atoms with Crippen LogP contribution in [0.15, 0.2) is 30.3 Å². The second-order valence-electron chi connectivity index (χ2n) is 5.56. The summed E-state index contributed by atoms with van der Waals surface area (Å²) in [5.74, 6) is -0.120. The highest BCUT2D eigenvalue weighted by Crippen LogP contribution is 2.23. The summed E-state index contributed by atoms with van der Waals surface area (Å²) in [6, 6.07) is 9.16. The van der Waals surface area contributed by atoms with Gasteiger partial charge in [-0.25, -0.2) is 4.68 Å². The quantitative estimate of drug-likeness (QED) is 0.905. The van der Waals surface area contributed by atoms with Gasteiger partial charge in [0.05, 0.1) is 10.7 Å². The summed E-state index contributed by atoms with van der Waals surface area (Å²) in [7, 11) is 0. The molecule has 1 aliphatic rings. The lowest BCUT2D eigenvalue weighted by Crippen LogP contribution is -2.38. The van der Waals surface area contributed by atoms with Crippen molar-refractivity contribution in [3.05, 3.63) is 41.0 Å². The fraction of sp³-hybridized carbons (Fsp3) is 0.312. The van der Waals surface area contributed by atoms with Crippen molar-refractivity contribution >= 4 is 29.2 Å². The Morgan fingerprint density at radius 2 is 2.22 bits per heavy atom. The molecule has 23 heavy (non-hydrogen) atoms. The number of aryl methyl sites for hydroxylation is 1. The molecular formula is C16H17ClN4O2. The van der Waals surface area contributed by atoms with E-state index >= 15 is 0 Å². The lowest BCUT2D eigenvalue weighted by molar-refractivity contribution is -0.129. The van der Waals surface area contributed by atoms with Gasteiger partial charge in [-0.1, -0.05) is 23.7 Å². The van der Waals surface area contributed by atoms with Crippen molar-refractivity contribution in [3.8, 4) is 5.69 Å². The fourth-order valence-corrected chi connectivity index (χ4v) is 2.85. The molecule has 2 amide bonds. The fourth-order valence-electron chi connectivity index (χ4n) is 2.64. The molecule has 6 nitrogen and oxygen atoms in total. The van der Waals surface area contributed by atoms with Gasteiger partial charge in [-0.05, 0) is 25.5 Å².